The van der Waals surface area contributed by atoms with Crippen molar-refractivity contribution >= 4 is 11.9 Å². The van der Waals surface area contributed by atoms with Gasteiger partial charge in [-0.05, 0) is 6.92 Å². The fourth-order valence-corrected chi connectivity index (χ4v) is 0.745. The van der Waals surface area contributed by atoms with Crippen LogP contribution in [-0.4, -0.2) is 21.1 Å². The Bertz CT molecular complexity index is 430. The SMILES string of the molecule is Cc1nnc(NC(=O)C(C)(C)C)[nH]c1=O. The number of hydrogen-bond donors (Lipinski definition) is 2. The van der Waals surface area contributed by atoms with Crippen molar-refractivity contribution < 1.29 is 4.79 Å². The van der Waals surface area contributed by atoms with E-state index in [9.17, 15) is 9.59 Å². The van der Waals surface area contributed by atoms with Crippen molar-refractivity contribution in [2.75, 3.05) is 5.32 Å². The number of aromatic amines is 1. The Labute approximate surface area is 87.1 Å². The first-order valence-electron chi connectivity index (χ1n) is 4.56. The minimum absolute atomic E-state index is 0.0746. The number of amides is 1. The number of carbonyl (C=O) groups excluding carboxylic acids is 1. The maximum Gasteiger partial charge on any atom is 0.273 e. The van der Waals surface area contributed by atoms with E-state index in [0.29, 0.717) is 0 Å². The van der Waals surface area contributed by atoms with Gasteiger partial charge in [0.15, 0.2) is 0 Å². The molecule has 0 atom stereocenters. The van der Waals surface area contributed by atoms with E-state index in [1.807, 2.05) is 0 Å². The molecule has 0 spiro atoms. The third-order valence-electron chi connectivity index (χ3n) is 1.77. The molecule has 15 heavy (non-hydrogen) atoms. The molecular weight excluding hydrogens is 196 g/mol. The standard InChI is InChI=1S/C9H14N4O2/c1-5-6(14)10-8(13-12-5)11-7(15)9(2,3)4/h1-4H3,(H2,10,11,13,14,15). The van der Waals surface area contributed by atoms with E-state index < -0.39 is 5.41 Å². The quantitative estimate of drug-likeness (QED) is 0.704. The molecule has 0 aliphatic heterocycles. The van der Waals surface area contributed by atoms with Gasteiger partial charge >= 0.3 is 0 Å². The molecule has 1 aromatic heterocycles. The van der Waals surface area contributed by atoms with Crippen LogP contribution in [0.1, 0.15) is 26.5 Å². The van der Waals surface area contributed by atoms with Gasteiger partial charge < -0.3 is 0 Å². The Kier molecular flexibility index (Phi) is 2.88. The first kappa shape index (κ1) is 11.4. The fourth-order valence-electron chi connectivity index (χ4n) is 0.745. The average Bonchev–Trinajstić information content (AvgIpc) is 2.10. The second-order valence-corrected chi connectivity index (χ2v) is 4.29. The molecule has 0 aromatic carbocycles. The van der Waals surface area contributed by atoms with Gasteiger partial charge in [0, 0.05) is 5.41 Å². The highest BCUT2D eigenvalue weighted by Crippen LogP contribution is 2.14. The fraction of sp³-hybridized carbons (Fsp3) is 0.556. The van der Waals surface area contributed by atoms with Crippen LogP contribution in [0.3, 0.4) is 0 Å². The van der Waals surface area contributed by atoms with Crippen LogP contribution in [0, 0.1) is 12.3 Å². The zero-order valence-electron chi connectivity index (χ0n) is 9.21. The van der Waals surface area contributed by atoms with Crippen molar-refractivity contribution in [3.63, 3.8) is 0 Å². The smallest absolute Gasteiger partial charge is 0.273 e. The van der Waals surface area contributed by atoms with Gasteiger partial charge in [0.2, 0.25) is 11.9 Å². The molecule has 0 saturated heterocycles. The second-order valence-electron chi connectivity index (χ2n) is 4.29. The molecule has 2 N–H and O–H groups in total. The lowest BCUT2D eigenvalue weighted by Gasteiger charge is -2.16. The summed E-state index contributed by atoms with van der Waals surface area (Å²) >= 11 is 0. The van der Waals surface area contributed by atoms with E-state index in [2.05, 4.69) is 20.5 Å². The highest BCUT2D eigenvalue weighted by molar-refractivity contribution is 5.92. The summed E-state index contributed by atoms with van der Waals surface area (Å²) < 4.78 is 0. The van der Waals surface area contributed by atoms with E-state index in [4.69, 9.17) is 0 Å². The third kappa shape index (κ3) is 2.87. The van der Waals surface area contributed by atoms with Crippen LogP contribution in [0.25, 0.3) is 0 Å². The number of nitrogens with zero attached hydrogens (tertiary/aromatic N) is 2. The summed E-state index contributed by atoms with van der Waals surface area (Å²) in [7, 11) is 0. The van der Waals surface area contributed by atoms with Gasteiger partial charge in [-0.2, -0.15) is 0 Å². The monoisotopic (exact) mass is 210 g/mol. The van der Waals surface area contributed by atoms with E-state index >= 15 is 0 Å². The molecule has 0 saturated carbocycles. The Morgan fingerprint density at radius 1 is 1.33 bits per heavy atom. The molecule has 0 unspecified atom stereocenters. The van der Waals surface area contributed by atoms with Gasteiger partial charge in [-0.3, -0.25) is 19.9 Å². The zero-order valence-corrected chi connectivity index (χ0v) is 9.21. The van der Waals surface area contributed by atoms with Crippen molar-refractivity contribution in [1.82, 2.24) is 15.2 Å². The second kappa shape index (κ2) is 3.80. The molecule has 6 heteroatoms. The summed E-state index contributed by atoms with van der Waals surface area (Å²) in [6, 6.07) is 0. The molecule has 6 nitrogen and oxygen atoms in total. The number of nitrogens with one attached hydrogen (secondary N) is 2. The molecule has 0 fully saturated rings. The molecule has 0 bridgehead atoms. The van der Waals surface area contributed by atoms with Crippen LogP contribution in [-0.2, 0) is 4.79 Å². The minimum atomic E-state index is -0.538. The predicted octanol–water partition coefficient (Wildman–Crippen LogP) is 0.458. The summed E-state index contributed by atoms with van der Waals surface area (Å²) in [4.78, 5) is 25.1. The van der Waals surface area contributed by atoms with Crippen LogP contribution in [0.5, 0.6) is 0 Å². The number of rotatable bonds is 1. The van der Waals surface area contributed by atoms with Crippen molar-refractivity contribution in [2.24, 2.45) is 5.41 Å². The Morgan fingerprint density at radius 2 is 1.93 bits per heavy atom. The summed E-state index contributed by atoms with van der Waals surface area (Å²) in [6.45, 7) is 6.84. The largest absolute Gasteiger partial charge is 0.294 e. The van der Waals surface area contributed by atoms with Crippen molar-refractivity contribution in [3.05, 3.63) is 16.0 Å². The summed E-state index contributed by atoms with van der Waals surface area (Å²) in [5.41, 5.74) is -0.623. The van der Waals surface area contributed by atoms with Crippen molar-refractivity contribution in [1.29, 1.82) is 0 Å². The molecule has 0 aliphatic rings. The van der Waals surface area contributed by atoms with Gasteiger partial charge in [0.1, 0.15) is 5.69 Å². The maximum atomic E-state index is 11.5. The van der Waals surface area contributed by atoms with Crippen molar-refractivity contribution in [3.8, 4) is 0 Å². The maximum absolute atomic E-state index is 11.5. The molecule has 0 aliphatic carbocycles. The molecule has 1 heterocycles. The minimum Gasteiger partial charge on any atom is -0.294 e. The van der Waals surface area contributed by atoms with Gasteiger partial charge in [0.25, 0.3) is 5.56 Å². The number of aryl methyl sites for hydroxylation is 1. The summed E-state index contributed by atoms with van der Waals surface area (Å²) in [5, 5.41) is 9.74. The van der Waals surface area contributed by atoms with Crippen LogP contribution in [0.2, 0.25) is 0 Å². The zero-order chi connectivity index (χ0) is 11.6. The predicted molar refractivity (Wildman–Crippen MR) is 55.5 cm³/mol. The number of aromatic nitrogens is 3. The highest BCUT2D eigenvalue weighted by Gasteiger charge is 2.21. The average molecular weight is 210 g/mol. The first-order chi connectivity index (χ1) is 6.80. The van der Waals surface area contributed by atoms with Crippen LogP contribution in [0.4, 0.5) is 5.95 Å². The Balaban J connectivity index is 2.87. The summed E-state index contributed by atoms with van der Waals surface area (Å²) in [5.74, 6) is -0.151. The Hall–Kier alpha value is -1.72. The lowest BCUT2D eigenvalue weighted by atomic mass is 9.96. The lowest BCUT2D eigenvalue weighted by molar-refractivity contribution is -0.123. The topological polar surface area (TPSA) is 87.7 Å². The number of carbonyl (C=O) groups is 1. The van der Waals surface area contributed by atoms with E-state index in [1.165, 1.54) is 0 Å². The number of anilines is 1. The van der Waals surface area contributed by atoms with Gasteiger partial charge in [-0.25, -0.2) is 0 Å². The van der Waals surface area contributed by atoms with Crippen LogP contribution in [0.15, 0.2) is 4.79 Å². The number of H-pyrrole nitrogens is 1. The molecule has 82 valence electrons. The molecular formula is C9H14N4O2. The van der Waals surface area contributed by atoms with Gasteiger partial charge in [-0.1, -0.05) is 20.8 Å². The number of hydrogen-bond acceptors (Lipinski definition) is 4. The molecule has 1 amide bonds. The van der Waals surface area contributed by atoms with E-state index in [1.54, 1.807) is 27.7 Å². The lowest BCUT2D eigenvalue weighted by Crippen LogP contribution is -2.30. The molecule has 1 aromatic rings. The molecule has 1 rings (SSSR count). The third-order valence-corrected chi connectivity index (χ3v) is 1.77. The van der Waals surface area contributed by atoms with Crippen molar-refractivity contribution in [2.45, 2.75) is 27.7 Å². The summed E-state index contributed by atoms with van der Waals surface area (Å²) in [6.07, 6.45) is 0. The van der Waals surface area contributed by atoms with Crippen LogP contribution >= 0.6 is 0 Å². The Morgan fingerprint density at radius 3 is 2.40 bits per heavy atom. The first-order valence-corrected chi connectivity index (χ1v) is 4.56. The van der Waals surface area contributed by atoms with Gasteiger partial charge in [-0.15, -0.1) is 10.2 Å². The van der Waals surface area contributed by atoms with E-state index in [-0.39, 0.29) is 23.1 Å². The normalized spacial score (nSPS) is 11.2. The highest BCUT2D eigenvalue weighted by atomic mass is 16.2. The van der Waals surface area contributed by atoms with Crippen LogP contribution < -0.4 is 10.9 Å². The molecule has 0 radical (unpaired) electrons. The van der Waals surface area contributed by atoms with E-state index in [0.717, 1.165) is 0 Å². The van der Waals surface area contributed by atoms with Gasteiger partial charge in [0.05, 0.1) is 0 Å².